The summed E-state index contributed by atoms with van der Waals surface area (Å²) in [6.45, 7) is 3.80. The maximum Gasteiger partial charge on any atom is 0.293 e. The third kappa shape index (κ3) is 3.25. The number of rotatable bonds is 4. The van der Waals surface area contributed by atoms with Crippen molar-refractivity contribution >= 4 is 22.3 Å². The van der Waals surface area contributed by atoms with E-state index in [4.69, 9.17) is 0 Å². The molecular weight excluding hydrogens is 308 g/mol. The van der Waals surface area contributed by atoms with Gasteiger partial charge in [0.05, 0.1) is 22.2 Å². The molecule has 2 aromatic rings. The van der Waals surface area contributed by atoms with Gasteiger partial charge in [0.15, 0.2) is 0 Å². The molecule has 0 amide bonds. The molecule has 7 heteroatoms. The van der Waals surface area contributed by atoms with Gasteiger partial charge in [0, 0.05) is 19.2 Å². The minimum Gasteiger partial charge on any atom is -0.366 e. The number of H-pyrrole nitrogens is 1. The second-order valence-electron chi connectivity index (χ2n) is 6.42. The van der Waals surface area contributed by atoms with Crippen LogP contribution in [0.4, 0.5) is 11.4 Å². The zero-order chi connectivity index (χ0) is 17.1. The standard InChI is InChI=1S/C17H22N4O3/c1-2-4-12-5-3-7-20(8-6-12)15-10-14-13(9-16(15)21(23)24)17(22)19-11-18-14/h9-12H,2-8H2,1H3,(H,18,19,22). The monoisotopic (exact) mass is 330 g/mol. The Balaban J connectivity index is 2.00. The number of nitro benzene ring substituents is 1. The Kier molecular flexibility index (Phi) is 4.78. The summed E-state index contributed by atoms with van der Waals surface area (Å²) in [6, 6.07) is 3.04. The zero-order valence-corrected chi connectivity index (χ0v) is 13.8. The summed E-state index contributed by atoms with van der Waals surface area (Å²) in [5, 5.41) is 11.8. The lowest BCUT2D eigenvalue weighted by atomic mass is 9.96. The third-order valence-corrected chi connectivity index (χ3v) is 4.82. The molecule has 2 heterocycles. The van der Waals surface area contributed by atoms with Gasteiger partial charge in [-0.1, -0.05) is 19.8 Å². The van der Waals surface area contributed by atoms with Crippen molar-refractivity contribution in [3.8, 4) is 0 Å². The van der Waals surface area contributed by atoms with Gasteiger partial charge in [-0.25, -0.2) is 4.98 Å². The van der Waals surface area contributed by atoms with Crippen LogP contribution in [0.3, 0.4) is 0 Å². The van der Waals surface area contributed by atoms with Crippen LogP contribution in [0.15, 0.2) is 23.3 Å². The Morgan fingerprint density at radius 2 is 2.21 bits per heavy atom. The van der Waals surface area contributed by atoms with Crippen LogP contribution in [0.1, 0.15) is 39.0 Å². The van der Waals surface area contributed by atoms with Gasteiger partial charge in [-0.3, -0.25) is 14.9 Å². The number of aromatic amines is 1. The van der Waals surface area contributed by atoms with E-state index in [1.165, 1.54) is 31.7 Å². The SMILES string of the molecule is CCCC1CCCN(c2cc3nc[nH]c(=O)c3cc2[N+](=O)[O-])CC1. The summed E-state index contributed by atoms with van der Waals surface area (Å²) in [4.78, 5) is 31.7. The van der Waals surface area contributed by atoms with E-state index in [9.17, 15) is 14.9 Å². The molecule has 0 spiro atoms. The number of nitro groups is 1. The molecule has 1 aliphatic rings. The molecule has 1 fully saturated rings. The maximum atomic E-state index is 11.9. The summed E-state index contributed by atoms with van der Waals surface area (Å²) in [6.07, 6.45) is 6.97. The van der Waals surface area contributed by atoms with Gasteiger partial charge >= 0.3 is 0 Å². The molecule has 0 saturated carbocycles. The summed E-state index contributed by atoms with van der Waals surface area (Å²) in [5.74, 6) is 0.695. The molecule has 1 aromatic heterocycles. The van der Waals surface area contributed by atoms with Crippen molar-refractivity contribution in [2.45, 2.75) is 39.0 Å². The van der Waals surface area contributed by atoms with Crippen LogP contribution in [-0.4, -0.2) is 28.0 Å². The molecule has 128 valence electrons. The van der Waals surface area contributed by atoms with Crippen molar-refractivity contribution in [1.29, 1.82) is 0 Å². The van der Waals surface area contributed by atoms with E-state index in [1.54, 1.807) is 6.07 Å². The molecule has 1 saturated heterocycles. The topological polar surface area (TPSA) is 92.1 Å². The van der Waals surface area contributed by atoms with Crippen LogP contribution < -0.4 is 10.5 Å². The molecule has 0 aliphatic carbocycles. The summed E-state index contributed by atoms with van der Waals surface area (Å²) < 4.78 is 0. The number of hydrogen-bond acceptors (Lipinski definition) is 5. The van der Waals surface area contributed by atoms with Crippen molar-refractivity contribution in [1.82, 2.24) is 9.97 Å². The minimum absolute atomic E-state index is 0.0186. The second kappa shape index (κ2) is 6.98. The van der Waals surface area contributed by atoms with E-state index in [-0.39, 0.29) is 16.6 Å². The van der Waals surface area contributed by atoms with E-state index < -0.39 is 4.92 Å². The summed E-state index contributed by atoms with van der Waals surface area (Å²) >= 11 is 0. The molecule has 24 heavy (non-hydrogen) atoms. The molecule has 3 rings (SSSR count). The quantitative estimate of drug-likeness (QED) is 0.686. The molecule has 1 atom stereocenters. The number of aromatic nitrogens is 2. The molecule has 1 N–H and O–H groups in total. The smallest absolute Gasteiger partial charge is 0.293 e. The first-order valence-corrected chi connectivity index (χ1v) is 8.51. The first kappa shape index (κ1) is 16.4. The second-order valence-corrected chi connectivity index (χ2v) is 6.42. The van der Waals surface area contributed by atoms with Gasteiger partial charge in [0.2, 0.25) is 0 Å². The average molecular weight is 330 g/mol. The predicted molar refractivity (Wildman–Crippen MR) is 93.5 cm³/mol. The molecule has 0 radical (unpaired) electrons. The number of hydrogen-bond donors (Lipinski definition) is 1. The lowest BCUT2D eigenvalue weighted by Crippen LogP contribution is -2.25. The zero-order valence-electron chi connectivity index (χ0n) is 13.8. The van der Waals surface area contributed by atoms with E-state index in [0.29, 0.717) is 17.1 Å². The fourth-order valence-corrected chi connectivity index (χ4v) is 3.60. The van der Waals surface area contributed by atoms with Crippen molar-refractivity contribution in [2.75, 3.05) is 18.0 Å². The fraction of sp³-hybridized carbons (Fsp3) is 0.529. The minimum atomic E-state index is -0.407. The Morgan fingerprint density at radius 3 is 2.96 bits per heavy atom. The largest absolute Gasteiger partial charge is 0.366 e. The highest BCUT2D eigenvalue weighted by molar-refractivity contribution is 5.87. The van der Waals surface area contributed by atoms with Gasteiger partial charge in [0.1, 0.15) is 5.69 Å². The molecule has 1 aromatic carbocycles. The first-order valence-electron chi connectivity index (χ1n) is 8.51. The van der Waals surface area contributed by atoms with Crippen molar-refractivity contribution in [3.05, 3.63) is 38.9 Å². The summed E-state index contributed by atoms with van der Waals surface area (Å²) in [5.41, 5.74) is 0.694. The van der Waals surface area contributed by atoms with Crippen molar-refractivity contribution in [3.63, 3.8) is 0 Å². The molecule has 1 unspecified atom stereocenters. The fourth-order valence-electron chi connectivity index (χ4n) is 3.60. The summed E-state index contributed by atoms with van der Waals surface area (Å²) in [7, 11) is 0. The van der Waals surface area contributed by atoms with Crippen LogP contribution in [0.25, 0.3) is 10.9 Å². The maximum absolute atomic E-state index is 11.9. The normalized spacial score (nSPS) is 18.5. The average Bonchev–Trinajstić information content (AvgIpc) is 2.80. The van der Waals surface area contributed by atoms with Crippen molar-refractivity contribution < 1.29 is 4.92 Å². The van der Waals surface area contributed by atoms with Gasteiger partial charge in [-0.2, -0.15) is 0 Å². The number of benzene rings is 1. The van der Waals surface area contributed by atoms with Gasteiger partial charge in [-0.05, 0) is 31.2 Å². The van der Waals surface area contributed by atoms with E-state index in [2.05, 4.69) is 21.8 Å². The van der Waals surface area contributed by atoms with Gasteiger partial charge < -0.3 is 9.88 Å². The lowest BCUT2D eigenvalue weighted by Gasteiger charge is -2.23. The highest BCUT2D eigenvalue weighted by Gasteiger charge is 2.24. The number of anilines is 1. The van der Waals surface area contributed by atoms with Gasteiger partial charge in [0.25, 0.3) is 11.2 Å². The predicted octanol–water partition coefficient (Wildman–Crippen LogP) is 3.24. The Hall–Kier alpha value is -2.44. The van der Waals surface area contributed by atoms with Crippen molar-refractivity contribution in [2.24, 2.45) is 5.92 Å². The van der Waals surface area contributed by atoms with E-state index in [0.717, 1.165) is 25.9 Å². The molecule has 7 nitrogen and oxygen atoms in total. The third-order valence-electron chi connectivity index (χ3n) is 4.82. The van der Waals surface area contributed by atoms with E-state index in [1.807, 2.05) is 0 Å². The Bertz CT molecular complexity index is 802. The van der Waals surface area contributed by atoms with Crippen LogP contribution >= 0.6 is 0 Å². The number of fused-ring (bicyclic) bond motifs is 1. The Labute approximate surface area is 139 Å². The first-order chi connectivity index (χ1) is 11.6. The van der Waals surface area contributed by atoms with Crippen LogP contribution in [-0.2, 0) is 0 Å². The van der Waals surface area contributed by atoms with Crippen LogP contribution in [0.5, 0.6) is 0 Å². The van der Waals surface area contributed by atoms with Crippen LogP contribution in [0.2, 0.25) is 0 Å². The van der Waals surface area contributed by atoms with Gasteiger partial charge in [-0.15, -0.1) is 0 Å². The number of nitrogens with one attached hydrogen (secondary N) is 1. The molecular formula is C17H22N4O3. The number of nitrogens with zero attached hydrogens (tertiary/aromatic N) is 3. The van der Waals surface area contributed by atoms with Crippen LogP contribution in [0, 0.1) is 16.0 Å². The Morgan fingerprint density at radius 1 is 1.38 bits per heavy atom. The highest BCUT2D eigenvalue weighted by atomic mass is 16.6. The lowest BCUT2D eigenvalue weighted by molar-refractivity contribution is -0.384. The van der Waals surface area contributed by atoms with E-state index >= 15 is 0 Å². The highest BCUT2D eigenvalue weighted by Crippen LogP contribution is 2.34. The molecule has 0 bridgehead atoms. The molecule has 1 aliphatic heterocycles.